The molecule has 2 rings (SSSR count). The Morgan fingerprint density at radius 2 is 2.14 bits per heavy atom. The lowest BCUT2D eigenvalue weighted by Gasteiger charge is -2.21. The van der Waals surface area contributed by atoms with Gasteiger partial charge in [0.2, 0.25) is 5.91 Å². The number of carbonyl (C=O) groups excluding carboxylic acids is 3. The Labute approximate surface area is 128 Å². The Morgan fingerprint density at radius 3 is 2.82 bits per heavy atom. The maximum atomic E-state index is 12.3. The van der Waals surface area contributed by atoms with Gasteiger partial charge in [0.25, 0.3) is 11.8 Å². The number of benzene rings is 1. The Kier molecular flexibility index (Phi) is 4.65. The summed E-state index contributed by atoms with van der Waals surface area (Å²) in [6, 6.07) is 4.79. The molecule has 0 bridgehead atoms. The van der Waals surface area contributed by atoms with Crippen LogP contribution in [0.15, 0.2) is 18.2 Å². The number of rotatable bonds is 4. The van der Waals surface area contributed by atoms with Gasteiger partial charge in [-0.15, -0.1) is 0 Å². The Balaban J connectivity index is 2.06. The van der Waals surface area contributed by atoms with Crippen molar-refractivity contribution in [1.29, 1.82) is 0 Å². The van der Waals surface area contributed by atoms with Crippen LogP contribution in [0.5, 0.6) is 5.75 Å². The number of hydrogen-bond acceptors (Lipinski definition) is 4. The van der Waals surface area contributed by atoms with Crippen molar-refractivity contribution in [3.05, 3.63) is 23.8 Å². The molecule has 0 unspecified atom stereocenters. The van der Waals surface area contributed by atoms with Crippen LogP contribution >= 0.6 is 0 Å². The zero-order valence-electron chi connectivity index (χ0n) is 12.8. The van der Waals surface area contributed by atoms with E-state index < -0.39 is 0 Å². The lowest BCUT2D eigenvalue weighted by molar-refractivity contribution is -0.122. The fourth-order valence-electron chi connectivity index (χ4n) is 2.08. The molecule has 1 aromatic carbocycles. The molecule has 0 fully saturated rings. The monoisotopic (exact) mass is 305 g/mol. The van der Waals surface area contributed by atoms with Crippen molar-refractivity contribution < 1.29 is 19.1 Å². The molecule has 1 aliphatic heterocycles. The molecule has 7 heteroatoms. The molecule has 0 radical (unpaired) electrons. The molecule has 118 valence electrons. The van der Waals surface area contributed by atoms with Crippen LogP contribution in [0.2, 0.25) is 0 Å². The maximum absolute atomic E-state index is 12.3. The molecule has 3 amide bonds. The number of anilines is 1. The van der Waals surface area contributed by atoms with Crippen LogP contribution in [-0.4, -0.2) is 48.9 Å². The molecule has 0 aliphatic carbocycles. The van der Waals surface area contributed by atoms with Gasteiger partial charge in [-0.1, -0.05) is 0 Å². The molecule has 0 spiro atoms. The predicted octanol–water partition coefficient (Wildman–Crippen LogP) is 0.614. The summed E-state index contributed by atoms with van der Waals surface area (Å²) < 4.78 is 5.28. The van der Waals surface area contributed by atoms with Crippen LogP contribution < -0.4 is 15.4 Å². The Morgan fingerprint density at radius 1 is 1.41 bits per heavy atom. The minimum atomic E-state index is -0.290. The molecule has 0 saturated carbocycles. The molecule has 1 heterocycles. The van der Waals surface area contributed by atoms with Gasteiger partial charge in [-0.2, -0.15) is 0 Å². The quantitative estimate of drug-likeness (QED) is 0.853. The molecule has 22 heavy (non-hydrogen) atoms. The number of likely N-dealkylation sites (N-methyl/N-ethyl adjacent to an activating group) is 1. The number of nitrogens with one attached hydrogen (secondary N) is 2. The van der Waals surface area contributed by atoms with Gasteiger partial charge in [-0.05, 0) is 32.0 Å². The van der Waals surface area contributed by atoms with Gasteiger partial charge in [-0.3, -0.25) is 14.4 Å². The molecule has 1 aromatic rings. The number of fused-ring (bicyclic) bond motifs is 1. The zero-order chi connectivity index (χ0) is 16.3. The minimum Gasteiger partial charge on any atom is -0.482 e. The zero-order valence-corrected chi connectivity index (χ0v) is 12.8. The molecule has 0 atom stereocenters. The SMILES string of the molecule is CC(C)NC(=O)CN(C)C(=O)c1ccc2c(c1)OCC(=O)N2. The van der Waals surface area contributed by atoms with E-state index in [1.807, 2.05) is 13.8 Å². The summed E-state index contributed by atoms with van der Waals surface area (Å²) in [5.74, 6) is -0.283. The standard InChI is InChI=1S/C15H19N3O4/c1-9(2)16-13(19)7-18(3)15(21)10-4-5-11-12(6-10)22-8-14(20)17-11/h4-6,9H,7-8H2,1-3H3,(H,16,19)(H,17,20). The topological polar surface area (TPSA) is 87.7 Å². The number of carbonyl (C=O) groups is 3. The van der Waals surface area contributed by atoms with Crippen LogP contribution in [-0.2, 0) is 9.59 Å². The highest BCUT2D eigenvalue weighted by molar-refractivity contribution is 5.99. The van der Waals surface area contributed by atoms with E-state index in [0.29, 0.717) is 17.0 Å². The van der Waals surface area contributed by atoms with E-state index in [4.69, 9.17) is 4.74 Å². The van der Waals surface area contributed by atoms with Gasteiger partial charge < -0.3 is 20.3 Å². The van der Waals surface area contributed by atoms with Crippen molar-refractivity contribution in [2.75, 3.05) is 25.5 Å². The van der Waals surface area contributed by atoms with Gasteiger partial charge in [0.1, 0.15) is 5.75 Å². The summed E-state index contributed by atoms with van der Waals surface area (Å²) in [5.41, 5.74) is 0.933. The third kappa shape index (κ3) is 3.75. The Hall–Kier alpha value is -2.57. The fraction of sp³-hybridized carbons (Fsp3) is 0.400. The average molecular weight is 305 g/mol. The van der Waals surface area contributed by atoms with E-state index in [2.05, 4.69) is 10.6 Å². The molecule has 2 N–H and O–H groups in total. The van der Waals surface area contributed by atoms with Crippen molar-refractivity contribution in [3.63, 3.8) is 0 Å². The van der Waals surface area contributed by atoms with Crippen LogP contribution in [0.3, 0.4) is 0 Å². The van der Waals surface area contributed by atoms with E-state index >= 15 is 0 Å². The largest absolute Gasteiger partial charge is 0.482 e. The number of amides is 3. The van der Waals surface area contributed by atoms with Crippen LogP contribution in [0.1, 0.15) is 24.2 Å². The van der Waals surface area contributed by atoms with Crippen molar-refractivity contribution >= 4 is 23.4 Å². The molecule has 7 nitrogen and oxygen atoms in total. The first-order valence-electron chi connectivity index (χ1n) is 6.98. The summed E-state index contributed by atoms with van der Waals surface area (Å²) in [4.78, 5) is 36.6. The number of nitrogens with zero attached hydrogens (tertiary/aromatic N) is 1. The number of ether oxygens (including phenoxy) is 1. The van der Waals surface area contributed by atoms with Crippen molar-refractivity contribution in [2.24, 2.45) is 0 Å². The van der Waals surface area contributed by atoms with Crippen molar-refractivity contribution in [3.8, 4) is 5.75 Å². The van der Waals surface area contributed by atoms with Crippen LogP contribution in [0, 0.1) is 0 Å². The second-order valence-electron chi connectivity index (χ2n) is 5.43. The third-order valence-corrected chi connectivity index (χ3v) is 3.04. The third-order valence-electron chi connectivity index (χ3n) is 3.04. The fourth-order valence-corrected chi connectivity index (χ4v) is 2.08. The second kappa shape index (κ2) is 6.46. The predicted molar refractivity (Wildman–Crippen MR) is 80.8 cm³/mol. The molecule has 0 saturated heterocycles. The highest BCUT2D eigenvalue weighted by atomic mass is 16.5. The van der Waals surface area contributed by atoms with E-state index in [0.717, 1.165) is 0 Å². The van der Waals surface area contributed by atoms with E-state index in [9.17, 15) is 14.4 Å². The summed E-state index contributed by atoms with van der Waals surface area (Å²) in [6.45, 7) is 3.62. The van der Waals surface area contributed by atoms with E-state index in [1.165, 1.54) is 4.90 Å². The van der Waals surface area contributed by atoms with E-state index in [1.54, 1.807) is 25.2 Å². The van der Waals surface area contributed by atoms with Gasteiger partial charge in [0, 0.05) is 18.7 Å². The second-order valence-corrected chi connectivity index (χ2v) is 5.43. The van der Waals surface area contributed by atoms with E-state index in [-0.39, 0.29) is 36.9 Å². The normalized spacial score (nSPS) is 13.0. The maximum Gasteiger partial charge on any atom is 0.262 e. The summed E-state index contributed by atoms with van der Waals surface area (Å²) in [6.07, 6.45) is 0. The van der Waals surface area contributed by atoms with Crippen LogP contribution in [0.4, 0.5) is 5.69 Å². The lowest BCUT2D eigenvalue weighted by atomic mass is 10.1. The first-order valence-corrected chi connectivity index (χ1v) is 6.98. The Bertz CT molecular complexity index is 613. The van der Waals surface area contributed by atoms with Gasteiger partial charge in [0.15, 0.2) is 6.61 Å². The molecule has 1 aliphatic rings. The van der Waals surface area contributed by atoms with Gasteiger partial charge in [0.05, 0.1) is 12.2 Å². The highest BCUT2D eigenvalue weighted by Gasteiger charge is 2.20. The smallest absolute Gasteiger partial charge is 0.262 e. The first-order chi connectivity index (χ1) is 10.4. The first kappa shape index (κ1) is 15.8. The molecule has 0 aromatic heterocycles. The minimum absolute atomic E-state index is 0.0221. The van der Waals surface area contributed by atoms with Gasteiger partial charge in [-0.25, -0.2) is 0 Å². The average Bonchev–Trinajstić information content (AvgIpc) is 2.44. The molecular weight excluding hydrogens is 286 g/mol. The summed E-state index contributed by atoms with van der Waals surface area (Å²) in [5, 5.41) is 5.39. The van der Waals surface area contributed by atoms with Crippen molar-refractivity contribution in [1.82, 2.24) is 10.2 Å². The summed E-state index contributed by atoms with van der Waals surface area (Å²) >= 11 is 0. The van der Waals surface area contributed by atoms with Crippen LogP contribution in [0.25, 0.3) is 0 Å². The number of hydrogen-bond donors (Lipinski definition) is 2. The lowest BCUT2D eigenvalue weighted by Crippen LogP contribution is -2.40. The highest BCUT2D eigenvalue weighted by Crippen LogP contribution is 2.28. The summed E-state index contributed by atoms with van der Waals surface area (Å²) in [7, 11) is 1.56. The van der Waals surface area contributed by atoms with Crippen molar-refractivity contribution in [2.45, 2.75) is 19.9 Å². The van der Waals surface area contributed by atoms with Gasteiger partial charge >= 0.3 is 0 Å². The molecular formula is C15H19N3O4.